The van der Waals surface area contributed by atoms with E-state index in [2.05, 4.69) is 9.88 Å². The highest BCUT2D eigenvalue weighted by Gasteiger charge is 2.28. The SMILES string of the molecule is c1nc(N2CCOCC2)sc1[C@@H]1CO1. The number of hydrogen-bond donors (Lipinski definition) is 0. The summed E-state index contributed by atoms with van der Waals surface area (Å²) in [6, 6.07) is 0. The summed E-state index contributed by atoms with van der Waals surface area (Å²) >= 11 is 1.74. The van der Waals surface area contributed by atoms with E-state index in [1.807, 2.05) is 6.20 Å². The zero-order valence-electron chi connectivity index (χ0n) is 7.81. The minimum absolute atomic E-state index is 0.335. The molecule has 1 aromatic rings. The summed E-state index contributed by atoms with van der Waals surface area (Å²) in [5, 5.41) is 1.11. The molecule has 0 spiro atoms. The highest BCUT2D eigenvalue weighted by molar-refractivity contribution is 7.15. The van der Waals surface area contributed by atoms with Gasteiger partial charge in [-0.05, 0) is 0 Å². The molecule has 0 saturated carbocycles. The van der Waals surface area contributed by atoms with Crippen molar-refractivity contribution in [3.8, 4) is 0 Å². The predicted octanol–water partition coefficient (Wildman–Crippen LogP) is 1.05. The smallest absolute Gasteiger partial charge is 0.185 e. The van der Waals surface area contributed by atoms with Crippen LogP contribution in [0.2, 0.25) is 0 Å². The monoisotopic (exact) mass is 212 g/mol. The normalized spacial score (nSPS) is 26.6. The summed E-state index contributed by atoms with van der Waals surface area (Å²) in [5.74, 6) is 0. The van der Waals surface area contributed by atoms with Gasteiger partial charge in [0.25, 0.3) is 0 Å². The van der Waals surface area contributed by atoms with Crippen molar-refractivity contribution in [2.24, 2.45) is 0 Å². The number of hydrogen-bond acceptors (Lipinski definition) is 5. The summed E-state index contributed by atoms with van der Waals surface area (Å²) in [6.07, 6.45) is 2.27. The molecule has 0 aliphatic carbocycles. The van der Waals surface area contributed by atoms with Crippen LogP contribution in [-0.2, 0) is 9.47 Å². The van der Waals surface area contributed by atoms with Crippen molar-refractivity contribution in [3.63, 3.8) is 0 Å². The van der Waals surface area contributed by atoms with Crippen LogP contribution >= 0.6 is 11.3 Å². The first-order valence-corrected chi connectivity index (χ1v) is 5.65. The minimum atomic E-state index is 0.335. The molecule has 0 unspecified atom stereocenters. The zero-order chi connectivity index (χ0) is 9.38. The molecule has 5 heteroatoms. The van der Waals surface area contributed by atoms with Gasteiger partial charge in [-0.2, -0.15) is 0 Å². The largest absolute Gasteiger partial charge is 0.378 e. The van der Waals surface area contributed by atoms with Crippen molar-refractivity contribution < 1.29 is 9.47 Å². The maximum Gasteiger partial charge on any atom is 0.185 e. The molecule has 1 aromatic heterocycles. The second kappa shape index (κ2) is 3.49. The van der Waals surface area contributed by atoms with E-state index in [1.54, 1.807) is 11.3 Å². The molecule has 0 bridgehead atoms. The zero-order valence-corrected chi connectivity index (χ0v) is 8.63. The summed E-state index contributed by atoms with van der Waals surface area (Å²) in [7, 11) is 0. The molecule has 0 amide bonds. The van der Waals surface area contributed by atoms with Crippen LogP contribution in [0.3, 0.4) is 0 Å². The molecule has 76 valence electrons. The van der Waals surface area contributed by atoms with Gasteiger partial charge in [0.2, 0.25) is 0 Å². The van der Waals surface area contributed by atoms with Gasteiger partial charge in [0.1, 0.15) is 6.10 Å². The van der Waals surface area contributed by atoms with Crippen molar-refractivity contribution in [1.29, 1.82) is 0 Å². The standard InChI is InChI=1S/C9H12N2O2S/c1-3-12-4-2-11(1)9-10-5-8(14-9)7-6-13-7/h5,7H,1-4,6H2/t7-/m0/s1. The van der Waals surface area contributed by atoms with Gasteiger partial charge >= 0.3 is 0 Å². The Bertz CT molecular complexity index is 318. The molecule has 2 aliphatic rings. The third-order valence-corrected chi connectivity index (χ3v) is 3.59. The molecule has 0 N–H and O–H groups in total. The average molecular weight is 212 g/mol. The van der Waals surface area contributed by atoms with Crippen LogP contribution in [0.4, 0.5) is 5.13 Å². The van der Waals surface area contributed by atoms with Crippen LogP contribution in [0.5, 0.6) is 0 Å². The third-order valence-electron chi connectivity index (χ3n) is 2.44. The Morgan fingerprint density at radius 3 is 2.93 bits per heavy atom. The predicted molar refractivity (Wildman–Crippen MR) is 53.8 cm³/mol. The number of rotatable bonds is 2. The Morgan fingerprint density at radius 1 is 1.43 bits per heavy atom. The number of epoxide rings is 1. The van der Waals surface area contributed by atoms with Crippen LogP contribution in [0.15, 0.2) is 6.20 Å². The highest BCUT2D eigenvalue weighted by atomic mass is 32.1. The number of anilines is 1. The number of morpholine rings is 1. The molecule has 3 heterocycles. The molecule has 0 radical (unpaired) electrons. The van der Waals surface area contributed by atoms with E-state index in [4.69, 9.17) is 9.47 Å². The molecule has 14 heavy (non-hydrogen) atoms. The molecule has 4 nitrogen and oxygen atoms in total. The van der Waals surface area contributed by atoms with E-state index < -0.39 is 0 Å². The number of aromatic nitrogens is 1. The lowest BCUT2D eigenvalue weighted by molar-refractivity contribution is 0.122. The van der Waals surface area contributed by atoms with E-state index in [1.165, 1.54) is 4.88 Å². The fraction of sp³-hybridized carbons (Fsp3) is 0.667. The summed E-state index contributed by atoms with van der Waals surface area (Å²) < 4.78 is 10.5. The van der Waals surface area contributed by atoms with Crippen LogP contribution in [-0.4, -0.2) is 37.9 Å². The lowest BCUT2D eigenvalue weighted by Gasteiger charge is -2.25. The fourth-order valence-electron chi connectivity index (χ4n) is 1.54. The minimum Gasteiger partial charge on any atom is -0.378 e. The maximum atomic E-state index is 5.30. The molecular weight excluding hydrogens is 200 g/mol. The summed E-state index contributed by atoms with van der Waals surface area (Å²) in [4.78, 5) is 7.94. The van der Waals surface area contributed by atoms with E-state index in [0.29, 0.717) is 6.10 Å². The Morgan fingerprint density at radius 2 is 2.21 bits per heavy atom. The first-order valence-electron chi connectivity index (χ1n) is 4.83. The maximum absolute atomic E-state index is 5.30. The number of thiazole rings is 1. The van der Waals surface area contributed by atoms with Crippen molar-refractivity contribution in [3.05, 3.63) is 11.1 Å². The second-order valence-corrected chi connectivity index (χ2v) is 4.51. The third kappa shape index (κ3) is 1.63. The first-order chi connectivity index (χ1) is 6.93. The Kier molecular flexibility index (Phi) is 2.15. The topological polar surface area (TPSA) is 37.9 Å². The Labute approximate surface area is 86.5 Å². The summed E-state index contributed by atoms with van der Waals surface area (Å²) in [5.41, 5.74) is 0. The van der Waals surface area contributed by atoms with Crippen molar-refractivity contribution in [1.82, 2.24) is 4.98 Å². The molecule has 3 rings (SSSR count). The summed E-state index contributed by atoms with van der Waals surface area (Å²) in [6.45, 7) is 4.41. The van der Waals surface area contributed by atoms with Gasteiger partial charge in [-0.25, -0.2) is 4.98 Å². The average Bonchev–Trinajstić information content (AvgIpc) is 2.98. The van der Waals surface area contributed by atoms with Gasteiger partial charge in [-0.15, -0.1) is 0 Å². The van der Waals surface area contributed by atoms with Crippen molar-refractivity contribution in [2.45, 2.75) is 6.10 Å². The Balaban J connectivity index is 1.74. The molecule has 2 aliphatic heterocycles. The van der Waals surface area contributed by atoms with Gasteiger partial charge in [-0.3, -0.25) is 0 Å². The fourth-order valence-corrected chi connectivity index (χ4v) is 2.54. The first kappa shape index (κ1) is 8.64. The van der Waals surface area contributed by atoms with Crippen LogP contribution in [0, 0.1) is 0 Å². The van der Waals surface area contributed by atoms with Gasteiger partial charge in [0, 0.05) is 19.3 Å². The van der Waals surface area contributed by atoms with E-state index >= 15 is 0 Å². The van der Waals surface area contributed by atoms with Crippen LogP contribution in [0.1, 0.15) is 11.0 Å². The lowest BCUT2D eigenvalue weighted by atomic mass is 10.4. The second-order valence-electron chi connectivity index (χ2n) is 3.47. The quantitative estimate of drug-likeness (QED) is 0.687. The van der Waals surface area contributed by atoms with Gasteiger partial charge in [0.05, 0.1) is 24.7 Å². The van der Waals surface area contributed by atoms with E-state index in [-0.39, 0.29) is 0 Å². The van der Waals surface area contributed by atoms with Crippen molar-refractivity contribution >= 4 is 16.5 Å². The molecular formula is C9H12N2O2S. The number of ether oxygens (including phenoxy) is 2. The van der Waals surface area contributed by atoms with Gasteiger partial charge in [-0.1, -0.05) is 11.3 Å². The van der Waals surface area contributed by atoms with Crippen LogP contribution in [0.25, 0.3) is 0 Å². The molecule has 2 saturated heterocycles. The van der Waals surface area contributed by atoms with Gasteiger partial charge in [0.15, 0.2) is 5.13 Å². The molecule has 0 aromatic carbocycles. The Hall–Kier alpha value is -0.650. The van der Waals surface area contributed by atoms with E-state index in [9.17, 15) is 0 Å². The lowest BCUT2D eigenvalue weighted by Crippen LogP contribution is -2.36. The highest BCUT2D eigenvalue weighted by Crippen LogP contribution is 2.36. The van der Waals surface area contributed by atoms with E-state index in [0.717, 1.165) is 38.0 Å². The molecule has 1 atom stereocenters. The molecule has 2 fully saturated rings. The van der Waals surface area contributed by atoms with Gasteiger partial charge < -0.3 is 14.4 Å². The van der Waals surface area contributed by atoms with Crippen LogP contribution < -0.4 is 4.90 Å². The number of nitrogens with zero attached hydrogens (tertiary/aromatic N) is 2. The van der Waals surface area contributed by atoms with Crippen molar-refractivity contribution in [2.75, 3.05) is 37.8 Å².